The second-order valence-electron chi connectivity index (χ2n) is 5.28. The summed E-state index contributed by atoms with van der Waals surface area (Å²) in [5, 5.41) is 0. The Morgan fingerprint density at radius 3 is 1.67 bits per heavy atom. The Bertz CT molecular complexity index is 811. The molecule has 1 nitrogen and oxygen atoms in total. The van der Waals surface area contributed by atoms with Gasteiger partial charge in [-0.25, -0.2) is 13.2 Å². The highest BCUT2D eigenvalue weighted by Crippen LogP contribution is 2.29. The fourth-order valence-electron chi connectivity index (χ4n) is 2.43. The molecule has 0 unspecified atom stereocenters. The molecule has 3 aromatic rings. The highest BCUT2D eigenvalue weighted by Gasteiger charge is 2.19. The lowest BCUT2D eigenvalue weighted by atomic mass is 9.98. The Morgan fingerprint density at radius 1 is 0.667 bits per heavy atom. The van der Waals surface area contributed by atoms with E-state index < -0.39 is 17.7 Å². The van der Waals surface area contributed by atoms with Crippen molar-refractivity contribution < 1.29 is 13.2 Å². The maximum atomic E-state index is 14.2. The lowest BCUT2D eigenvalue weighted by Gasteiger charge is -2.15. The van der Waals surface area contributed by atoms with Gasteiger partial charge in [0.1, 0.15) is 23.5 Å². The molecular formula is C20H14F3N. The van der Waals surface area contributed by atoms with Gasteiger partial charge in [0, 0.05) is 17.3 Å². The molecule has 3 rings (SSSR count). The standard InChI is InChI=1S/C20H14F3N/c21-15-11-9-14(10-12-15)13-24-20(16-5-1-3-7-18(16)22)17-6-2-4-8-19(17)23/h1-13,20H. The molecule has 0 aliphatic rings. The zero-order chi connectivity index (χ0) is 16.9. The van der Waals surface area contributed by atoms with E-state index in [1.54, 1.807) is 48.5 Å². The number of rotatable bonds is 4. The van der Waals surface area contributed by atoms with Crippen molar-refractivity contribution in [3.05, 3.63) is 107 Å². The van der Waals surface area contributed by atoms with E-state index in [4.69, 9.17) is 0 Å². The van der Waals surface area contributed by atoms with Crippen molar-refractivity contribution >= 4 is 6.21 Å². The average Bonchev–Trinajstić information content (AvgIpc) is 2.59. The van der Waals surface area contributed by atoms with Crippen LogP contribution < -0.4 is 0 Å². The normalized spacial score (nSPS) is 11.3. The lowest BCUT2D eigenvalue weighted by Crippen LogP contribution is -2.04. The monoisotopic (exact) mass is 325 g/mol. The van der Waals surface area contributed by atoms with Crippen molar-refractivity contribution in [3.8, 4) is 0 Å². The van der Waals surface area contributed by atoms with Crippen LogP contribution in [0.5, 0.6) is 0 Å². The Morgan fingerprint density at radius 2 is 1.17 bits per heavy atom. The molecule has 0 N–H and O–H groups in total. The minimum absolute atomic E-state index is 0.279. The van der Waals surface area contributed by atoms with E-state index in [2.05, 4.69) is 4.99 Å². The van der Waals surface area contributed by atoms with Crippen LogP contribution in [0.25, 0.3) is 0 Å². The van der Waals surface area contributed by atoms with E-state index in [1.807, 2.05) is 0 Å². The van der Waals surface area contributed by atoms with Gasteiger partial charge < -0.3 is 0 Å². The van der Waals surface area contributed by atoms with Gasteiger partial charge in [-0.3, -0.25) is 4.99 Å². The first kappa shape index (κ1) is 16.0. The van der Waals surface area contributed by atoms with E-state index in [1.165, 1.54) is 30.5 Å². The molecule has 0 bridgehead atoms. The predicted molar refractivity (Wildman–Crippen MR) is 88.6 cm³/mol. The molecule has 120 valence electrons. The highest BCUT2D eigenvalue weighted by molar-refractivity contribution is 5.79. The molecule has 0 atom stereocenters. The minimum atomic E-state index is -0.822. The first-order valence-corrected chi connectivity index (χ1v) is 7.43. The van der Waals surface area contributed by atoms with E-state index >= 15 is 0 Å². The molecule has 0 aromatic heterocycles. The van der Waals surface area contributed by atoms with Gasteiger partial charge in [-0.1, -0.05) is 48.5 Å². The quantitative estimate of drug-likeness (QED) is 0.576. The third-order valence-corrected chi connectivity index (χ3v) is 3.64. The summed E-state index contributed by atoms with van der Waals surface area (Å²) in [5.41, 5.74) is 1.20. The molecule has 0 heterocycles. The molecule has 0 spiro atoms. The van der Waals surface area contributed by atoms with Crippen molar-refractivity contribution in [1.29, 1.82) is 0 Å². The lowest BCUT2D eigenvalue weighted by molar-refractivity contribution is 0.577. The maximum Gasteiger partial charge on any atom is 0.128 e. The molecular weight excluding hydrogens is 311 g/mol. The van der Waals surface area contributed by atoms with Crippen LogP contribution in [0.4, 0.5) is 13.2 Å². The Labute approximate surface area is 138 Å². The summed E-state index contributed by atoms with van der Waals surface area (Å²) < 4.78 is 41.4. The summed E-state index contributed by atoms with van der Waals surface area (Å²) in [6.45, 7) is 0. The van der Waals surface area contributed by atoms with Crippen LogP contribution in [0.15, 0.2) is 77.8 Å². The topological polar surface area (TPSA) is 12.4 Å². The van der Waals surface area contributed by atoms with Crippen LogP contribution in [-0.4, -0.2) is 6.21 Å². The van der Waals surface area contributed by atoms with Crippen LogP contribution in [0.1, 0.15) is 22.7 Å². The number of aliphatic imine (C=N–C) groups is 1. The number of benzene rings is 3. The molecule has 0 saturated heterocycles. The number of halogens is 3. The summed E-state index contributed by atoms with van der Waals surface area (Å²) in [7, 11) is 0. The summed E-state index contributed by atoms with van der Waals surface area (Å²) in [4.78, 5) is 4.36. The molecule has 0 fully saturated rings. The first-order valence-electron chi connectivity index (χ1n) is 7.43. The van der Waals surface area contributed by atoms with Crippen molar-refractivity contribution in [3.63, 3.8) is 0 Å². The largest absolute Gasteiger partial charge is 0.279 e. The zero-order valence-electron chi connectivity index (χ0n) is 12.7. The average molecular weight is 325 g/mol. The predicted octanol–water partition coefficient (Wildman–Crippen LogP) is 5.31. The van der Waals surface area contributed by atoms with Crippen molar-refractivity contribution in [2.75, 3.05) is 0 Å². The van der Waals surface area contributed by atoms with E-state index in [9.17, 15) is 13.2 Å². The van der Waals surface area contributed by atoms with Gasteiger partial charge in [0.25, 0.3) is 0 Å². The number of hydrogen-bond donors (Lipinski definition) is 0. The van der Waals surface area contributed by atoms with Gasteiger partial charge in [-0.05, 0) is 29.8 Å². The van der Waals surface area contributed by atoms with Crippen LogP contribution in [0.3, 0.4) is 0 Å². The minimum Gasteiger partial charge on any atom is -0.279 e. The second kappa shape index (κ2) is 7.13. The molecule has 0 aliphatic carbocycles. The fraction of sp³-hybridized carbons (Fsp3) is 0.0500. The highest BCUT2D eigenvalue weighted by atomic mass is 19.1. The van der Waals surface area contributed by atoms with Crippen molar-refractivity contribution in [1.82, 2.24) is 0 Å². The number of nitrogens with zero attached hydrogens (tertiary/aromatic N) is 1. The van der Waals surface area contributed by atoms with E-state index in [0.29, 0.717) is 5.56 Å². The molecule has 0 saturated carbocycles. The van der Waals surface area contributed by atoms with Gasteiger partial charge in [-0.15, -0.1) is 0 Å². The van der Waals surface area contributed by atoms with Gasteiger partial charge in [0.05, 0.1) is 0 Å². The molecule has 3 aromatic carbocycles. The SMILES string of the molecule is Fc1ccc(C=NC(c2ccccc2F)c2ccccc2F)cc1. The molecule has 4 heteroatoms. The van der Waals surface area contributed by atoms with Crippen LogP contribution in [0, 0.1) is 17.5 Å². The Kier molecular flexibility index (Phi) is 4.75. The smallest absolute Gasteiger partial charge is 0.128 e. The van der Waals surface area contributed by atoms with Gasteiger partial charge in [0.2, 0.25) is 0 Å². The fourth-order valence-corrected chi connectivity index (χ4v) is 2.43. The van der Waals surface area contributed by atoms with Crippen LogP contribution in [0.2, 0.25) is 0 Å². The van der Waals surface area contributed by atoms with Crippen molar-refractivity contribution in [2.45, 2.75) is 6.04 Å². The maximum absolute atomic E-state index is 14.2. The van der Waals surface area contributed by atoms with Crippen LogP contribution in [-0.2, 0) is 0 Å². The summed E-state index contributed by atoms with van der Waals surface area (Å²) >= 11 is 0. The third-order valence-electron chi connectivity index (χ3n) is 3.64. The molecule has 0 amide bonds. The Balaban J connectivity index is 2.04. The molecule has 24 heavy (non-hydrogen) atoms. The van der Waals surface area contributed by atoms with Gasteiger partial charge in [-0.2, -0.15) is 0 Å². The van der Waals surface area contributed by atoms with Crippen molar-refractivity contribution in [2.24, 2.45) is 4.99 Å². The van der Waals surface area contributed by atoms with E-state index in [0.717, 1.165) is 0 Å². The van der Waals surface area contributed by atoms with Gasteiger partial charge >= 0.3 is 0 Å². The molecule has 0 aliphatic heterocycles. The zero-order valence-corrected chi connectivity index (χ0v) is 12.7. The van der Waals surface area contributed by atoms with Crippen LogP contribution >= 0.6 is 0 Å². The summed E-state index contributed by atoms with van der Waals surface area (Å²) in [5.74, 6) is -1.27. The van der Waals surface area contributed by atoms with Gasteiger partial charge in [0.15, 0.2) is 0 Å². The number of hydrogen-bond acceptors (Lipinski definition) is 1. The summed E-state index contributed by atoms with van der Waals surface area (Å²) in [6.07, 6.45) is 1.49. The van der Waals surface area contributed by atoms with E-state index in [-0.39, 0.29) is 16.9 Å². The third kappa shape index (κ3) is 3.54. The second-order valence-corrected chi connectivity index (χ2v) is 5.28. The summed E-state index contributed by atoms with van der Waals surface area (Å²) in [6, 6.07) is 17.2. The molecule has 0 radical (unpaired) electrons. The Hall–Kier alpha value is -2.88. The first-order chi connectivity index (χ1) is 11.6.